The number of carbonyl (C=O) groups excluding carboxylic acids is 1. The Labute approximate surface area is 196 Å². The van der Waals surface area contributed by atoms with E-state index in [-0.39, 0.29) is 0 Å². The lowest BCUT2D eigenvalue weighted by molar-refractivity contribution is -0.458. The summed E-state index contributed by atoms with van der Waals surface area (Å²) in [5, 5.41) is 0.336. The normalized spacial score (nSPS) is 16.3. The van der Waals surface area contributed by atoms with Gasteiger partial charge in [0.15, 0.2) is 0 Å². The van der Waals surface area contributed by atoms with Gasteiger partial charge < -0.3 is 15.0 Å². The van der Waals surface area contributed by atoms with E-state index in [0.29, 0.717) is 0 Å². The molecule has 0 spiro atoms. The number of carbonyl (C=O) groups is 2. The average Bonchev–Trinajstić information content (AvgIpc) is 2.69. The molecule has 0 unspecified atom stereocenters. The highest BCUT2D eigenvalue weighted by atomic mass is 32.2. The van der Waals surface area contributed by atoms with E-state index in [1.54, 1.807) is 0 Å². The third-order valence-corrected chi connectivity index (χ3v) is 5.48. The Bertz CT molecular complexity index is 1020. The molecule has 0 aliphatic rings. The largest absolute Gasteiger partial charge is 0.480 e. The molecular formula is C13H8F17NO6S. The highest BCUT2D eigenvalue weighted by molar-refractivity contribution is 7.88. The van der Waals surface area contributed by atoms with Crippen LogP contribution in [0.4, 0.5) is 74.6 Å². The van der Waals surface area contributed by atoms with Crippen LogP contribution in [-0.4, -0.2) is 78.5 Å². The number of hydrogen-bond donors (Lipinski definition) is 2. The minimum Gasteiger partial charge on any atom is -0.480 e. The Balaban J connectivity index is 6.62. The molecule has 0 aromatic heterocycles. The Morgan fingerprint density at radius 1 is 0.658 bits per heavy atom. The summed E-state index contributed by atoms with van der Waals surface area (Å²) in [6.07, 6.45) is -10.9. The minimum atomic E-state index is -9.03. The molecule has 25 heteroatoms. The fraction of sp³-hybridized carbons (Fsp3) is 0.846. The number of alkyl halides is 17. The topological polar surface area (TPSA) is 124 Å². The van der Waals surface area contributed by atoms with E-state index >= 15 is 0 Å². The first-order chi connectivity index (χ1) is 16.2. The van der Waals surface area contributed by atoms with E-state index in [2.05, 4.69) is 4.18 Å². The third-order valence-electron chi connectivity index (χ3n) is 4.19. The molecule has 0 heterocycles. The van der Waals surface area contributed by atoms with Crippen LogP contribution in [-0.2, 0) is 23.9 Å². The minimum absolute atomic E-state index is 1.26. The quantitative estimate of drug-likeness (QED) is 0.247. The average molecular weight is 629 g/mol. The van der Waals surface area contributed by atoms with Crippen molar-refractivity contribution in [2.24, 2.45) is 5.73 Å². The Morgan fingerprint density at radius 3 is 1.29 bits per heavy atom. The summed E-state index contributed by atoms with van der Waals surface area (Å²) in [7, 11) is -8.06. The van der Waals surface area contributed by atoms with Crippen LogP contribution >= 0.6 is 0 Å². The number of carboxylic acid groups (broad SMARTS) is 1. The zero-order valence-corrected chi connectivity index (χ0v) is 17.7. The summed E-state index contributed by atoms with van der Waals surface area (Å²) in [5.74, 6) is -57.4. The molecule has 38 heavy (non-hydrogen) atoms. The molecule has 0 aliphatic carbocycles. The standard InChI is InChI=1S/C13H8F17NO6S/c14-6(15,8(18,19)10(22,23)12(26,27)28)7(16,17)9(20,21)11(24,25)13(29,30)38(35,36)37-4(32)2-1-3(31)5(33)34/h3H,1-2,31H2,(H,33,34)/t3-/m0/s1. The molecule has 0 aliphatic heterocycles. The molecule has 0 saturated heterocycles. The fourth-order valence-electron chi connectivity index (χ4n) is 1.92. The maximum absolute atomic E-state index is 13.7. The molecule has 0 rings (SSSR count). The summed E-state index contributed by atoms with van der Waals surface area (Å²) in [6.45, 7) is 0. The van der Waals surface area contributed by atoms with Gasteiger partial charge in [-0.1, -0.05) is 0 Å². The van der Waals surface area contributed by atoms with Crippen molar-refractivity contribution in [2.45, 2.75) is 65.8 Å². The molecular weight excluding hydrogens is 621 g/mol. The number of rotatable bonds is 12. The molecule has 0 radical (unpaired) electrons. The second-order valence-electron chi connectivity index (χ2n) is 6.85. The Morgan fingerprint density at radius 2 is 0.974 bits per heavy atom. The predicted octanol–water partition coefficient (Wildman–Crippen LogP) is 4.02. The van der Waals surface area contributed by atoms with E-state index in [0.717, 1.165) is 0 Å². The summed E-state index contributed by atoms with van der Waals surface area (Å²) in [4.78, 5) is 21.5. The van der Waals surface area contributed by atoms with Crippen molar-refractivity contribution in [3.63, 3.8) is 0 Å². The van der Waals surface area contributed by atoms with Crippen LogP contribution in [0.5, 0.6) is 0 Å². The van der Waals surface area contributed by atoms with Crippen molar-refractivity contribution in [3.8, 4) is 0 Å². The van der Waals surface area contributed by atoms with E-state index in [9.17, 15) is 92.6 Å². The van der Waals surface area contributed by atoms with Crippen molar-refractivity contribution in [3.05, 3.63) is 0 Å². The van der Waals surface area contributed by atoms with Crippen molar-refractivity contribution < 1.29 is 102 Å². The van der Waals surface area contributed by atoms with Gasteiger partial charge in [0.2, 0.25) is 0 Å². The molecule has 226 valence electrons. The van der Waals surface area contributed by atoms with Gasteiger partial charge in [-0.2, -0.15) is 83.1 Å². The van der Waals surface area contributed by atoms with Crippen LogP contribution in [0.2, 0.25) is 0 Å². The van der Waals surface area contributed by atoms with Gasteiger partial charge >= 0.3 is 69.0 Å². The summed E-state index contributed by atoms with van der Waals surface area (Å²) in [5.41, 5.74) is 4.76. The van der Waals surface area contributed by atoms with Crippen LogP contribution in [0.3, 0.4) is 0 Å². The van der Waals surface area contributed by atoms with Gasteiger partial charge in [0.1, 0.15) is 6.04 Å². The Hall–Kier alpha value is -2.34. The molecule has 0 fully saturated rings. The van der Waals surface area contributed by atoms with Gasteiger partial charge in [-0.3, -0.25) is 9.59 Å². The third kappa shape index (κ3) is 5.13. The molecule has 0 amide bonds. The zero-order chi connectivity index (χ0) is 31.4. The summed E-state index contributed by atoms with van der Waals surface area (Å²) >= 11 is 0. The first-order valence-electron chi connectivity index (χ1n) is 8.39. The summed E-state index contributed by atoms with van der Waals surface area (Å²) in [6, 6.07) is -2.12. The van der Waals surface area contributed by atoms with E-state index in [4.69, 9.17) is 10.8 Å². The van der Waals surface area contributed by atoms with Gasteiger partial charge in [0.25, 0.3) is 0 Å². The molecule has 0 bridgehead atoms. The molecule has 3 N–H and O–H groups in total. The number of carboxylic acids is 1. The molecule has 0 saturated carbocycles. The molecule has 1 atom stereocenters. The second-order valence-corrected chi connectivity index (χ2v) is 8.44. The number of nitrogens with two attached hydrogens (primary N) is 1. The van der Waals surface area contributed by atoms with Crippen LogP contribution in [0.1, 0.15) is 12.8 Å². The zero-order valence-electron chi connectivity index (χ0n) is 16.9. The number of hydrogen-bond acceptors (Lipinski definition) is 6. The molecule has 0 aromatic carbocycles. The smallest absolute Gasteiger partial charge is 0.460 e. The van der Waals surface area contributed by atoms with E-state index in [1.807, 2.05) is 0 Å². The SMILES string of the molecule is N[C@@H](CCC(=O)OS(=O)(=O)C(F)(F)C(F)(F)C(F)(F)C(F)(F)C(F)(F)C(F)(F)C(F)(F)C(F)(F)F)C(=O)O. The number of halogens is 17. The number of aliphatic carboxylic acids is 1. The monoisotopic (exact) mass is 629 g/mol. The van der Waals surface area contributed by atoms with Crippen molar-refractivity contribution in [2.75, 3.05) is 0 Å². The van der Waals surface area contributed by atoms with Crippen LogP contribution in [0.15, 0.2) is 0 Å². The van der Waals surface area contributed by atoms with Gasteiger partial charge in [-0.05, 0) is 6.42 Å². The molecule has 7 nitrogen and oxygen atoms in total. The first kappa shape index (κ1) is 35.7. The van der Waals surface area contributed by atoms with E-state index in [1.165, 1.54) is 0 Å². The maximum Gasteiger partial charge on any atom is 0.460 e. The van der Waals surface area contributed by atoms with E-state index < -0.39 is 87.9 Å². The van der Waals surface area contributed by atoms with Gasteiger partial charge in [0.05, 0.1) is 0 Å². The van der Waals surface area contributed by atoms with Crippen molar-refractivity contribution in [1.29, 1.82) is 0 Å². The van der Waals surface area contributed by atoms with Crippen LogP contribution in [0.25, 0.3) is 0 Å². The first-order valence-corrected chi connectivity index (χ1v) is 9.79. The summed E-state index contributed by atoms with van der Waals surface area (Å²) < 4.78 is 248. The molecule has 0 aromatic rings. The second kappa shape index (κ2) is 9.69. The van der Waals surface area contributed by atoms with Crippen LogP contribution in [0, 0.1) is 0 Å². The van der Waals surface area contributed by atoms with Crippen molar-refractivity contribution >= 4 is 22.1 Å². The Kier molecular flexibility index (Phi) is 9.09. The van der Waals surface area contributed by atoms with Gasteiger partial charge in [-0.25, -0.2) is 0 Å². The van der Waals surface area contributed by atoms with Gasteiger partial charge in [0, 0.05) is 6.42 Å². The lowest BCUT2D eigenvalue weighted by Crippen LogP contribution is -2.75. The van der Waals surface area contributed by atoms with Gasteiger partial charge in [-0.15, -0.1) is 0 Å². The van der Waals surface area contributed by atoms with Crippen molar-refractivity contribution in [1.82, 2.24) is 0 Å². The highest BCUT2D eigenvalue weighted by Gasteiger charge is 2.96. The lowest BCUT2D eigenvalue weighted by atomic mass is 9.91. The lowest BCUT2D eigenvalue weighted by Gasteiger charge is -2.42. The van der Waals surface area contributed by atoms with Crippen LogP contribution < -0.4 is 5.73 Å². The maximum atomic E-state index is 13.7. The highest BCUT2D eigenvalue weighted by Crippen LogP contribution is 2.64. The predicted molar refractivity (Wildman–Crippen MR) is 80.5 cm³/mol. The fourth-order valence-corrected chi connectivity index (χ4v) is 2.79.